The van der Waals surface area contributed by atoms with E-state index in [4.69, 9.17) is 16.7 Å². The summed E-state index contributed by atoms with van der Waals surface area (Å²) in [5, 5.41) is 7.67. The summed E-state index contributed by atoms with van der Waals surface area (Å²) >= 11 is 5.17. The molecule has 0 amide bonds. The standard InChI is InChI=1S/C7H2ClF3O2/c8-2-1-3(9)5(10)6(11)4(2)7(12)13/h1H,(H,12,13). The molecule has 1 rings (SSSR count). The van der Waals surface area contributed by atoms with Crippen molar-refractivity contribution in [3.63, 3.8) is 0 Å². The van der Waals surface area contributed by atoms with E-state index in [1.165, 1.54) is 0 Å². The fourth-order valence-electron chi connectivity index (χ4n) is 0.762. The molecule has 0 saturated carbocycles. The highest BCUT2D eigenvalue weighted by Gasteiger charge is 2.22. The summed E-state index contributed by atoms with van der Waals surface area (Å²) in [7, 11) is 0. The second kappa shape index (κ2) is 3.26. The third-order valence-electron chi connectivity index (χ3n) is 1.33. The zero-order chi connectivity index (χ0) is 10.2. The topological polar surface area (TPSA) is 37.3 Å². The van der Waals surface area contributed by atoms with Crippen LogP contribution in [0, 0.1) is 17.5 Å². The van der Waals surface area contributed by atoms with E-state index in [0.29, 0.717) is 6.07 Å². The Balaban J connectivity index is 3.53. The molecule has 0 unspecified atom stereocenters. The molecular weight excluding hydrogens is 209 g/mol. The van der Waals surface area contributed by atoms with Gasteiger partial charge in [-0.2, -0.15) is 0 Å². The van der Waals surface area contributed by atoms with Crippen molar-refractivity contribution in [1.29, 1.82) is 0 Å². The fraction of sp³-hybridized carbons (Fsp3) is 0. The molecule has 1 aromatic rings. The first-order valence-electron chi connectivity index (χ1n) is 3.01. The Morgan fingerprint density at radius 3 is 2.31 bits per heavy atom. The van der Waals surface area contributed by atoms with Crippen LogP contribution in [0.2, 0.25) is 5.02 Å². The van der Waals surface area contributed by atoms with Gasteiger partial charge in [0.2, 0.25) is 0 Å². The Kier molecular flexibility index (Phi) is 2.47. The smallest absolute Gasteiger partial charge is 0.340 e. The number of aromatic carboxylic acids is 1. The van der Waals surface area contributed by atoms with Crippen LogP contribution in [0.1, 0.15) is 10.4 Å². The lowest BCUT2D eigenvalue weighted by Gasteiger charge is -2.01. The first kappa shape index (κ1) is 9.85. The van der Waals surface area contributed by atoms with Crippen molar-refractivity contribution in [2.45, 2.75) is 0 Å². The lowest BCUT2D eigenvalue weighted by molar-refractivity contribution is 0.0690. The van der Waals surface area contributed by atoms with Gasteiger partial charge in [-0.25, -0.2) is 18.0 Å². The highest BCUT2D eigenvalue weighted by molar-refractivity contribution is 6.33. The molecule has 0 fully saturated rings. The monoisotopic (exact) mass is 210 g/mol. The molecule has 0 aliphatic carbocycles. The Morgan fingerprint density at radius 1 is 1.31 bits per heavy atom. The average Bonchev–Trinajstić information content (AvgIpc) is 1.99. The van der Waals surface area contributed by atoms with Crippen LogP contribution in [0.3, 0.4) is 0 Å². The van der Waals surface area contributed by atoms with Crippen molar-refractivity contribution in [2.75, 3.05) is 0 Å². The Bertz CT molecular complexity index is 378. The molecule has 0 spiro atoms. The van der Waals surface area contributed by atoms with E-state index < -0.39 is 34.0 Å². The Hall–Kier alpha value is -1.23. The number of rotatable bonds is 1. The summed E-state index contributed by atoms with van der Waals surface area (Å²) in [6.07, 6.45) is 0. The SMILES string of the molecule is O=C(O)c1c(Cl)cc(F)c(F)c1F. The number of hydrogen-bond acceptors (Lipinski definition) is 1. The third kappa shape index (κ3) is 1.60. The molecular formula is C7H2ClF3O2. The van der Waals surface area contributed by atoms with Crippen LogP contribution in [0.25, 0.3) is 0 Å². The van der Waals surface area contributed by atoms with Crippen molar-refractivity contribution in [1.82, 2.24) is 0 Å². The Labute approximate surface area is 75.6 Å². The van der Waals surface area contributed by atoms with Gasteiger partial charge >= 0.3 is 5.97 Å². The van der Waals surface area contributed by atoms with Crippen molar-refractivity contribution < 1.29 is 23.1 Å². The number of carboxylic acid groups (broad SMARTS) is 1. The maximum Gasteiger partial charge on any atom is 0.340 e. The third-order valence-corrected chi connectivity index (χ3v) is 1.63. The maximum atomic E-state index is 12.7. The number of carbonyl (C=O) groups is 1. The number of carboxylic acids is 1. The first-order valence-corrected chi connectivity index (χ1v) is 3.39. The van der Waals surface area contributed by atoms with E-state index in [1.807, 2.05) is 0 Å². The summed E-state index contributed by atoms with van der Waals surface area (Å²) in [5.41, 5.74) is -1.07. The van der Waals surface area contributed by atoms with E-state index in [2.05, 4.69) is 0 Å². The lowest BCUT2D eigenvalue weighted by atomic mass is 10.2. The lowest BCUT2D eigenvalue weighted by Crippen LogP contribution is -2.05. The van der Waals surface area contributed by atoms with E-state index in [9.17, 15) is 18.0 Å². The van der Waals surface area contributed by atoms with E-state index in [1.54, 1.807) is 0 Å². The van der Waals surface area contributed by atoms with E-state index in [-0.39, 0.29) is 0 Å². The maximum absolute atomic E-state index is 12.7. The number of hydrogen-bond donors (Lipinski definition) is 1. The van der Waals surface area contributed by atoms with Gasteiger partial charge in [0.1, 0.15) is 5.56 Å². The van der Waals surface area contributed by atoms with Crippen LogP contribution >= 0.6 is 11.6 Å². The van der Waals surface area contributed by atoms with Crippen LogP contribution in [0.5, 0.6) is 0 Å². The minimum absolute atomic E-state index is 0.406. The summed E-state index contributed by atoms with van der Waals surface area (Å²) in [4.78, 5) is 10.3. The minimum Gasteiger partial charge on any atom is -0.478 e. The van der Waals surface area contributed by atoms with Gasteiger partial charge in [-0.3, -0.25) is 0 Å². The molecule has 2 nitrogen and oxygen atoms in total. The van der Waals surface area contributed by atoms with Crippen LogP contribution in [0.15, 0.2) is 6.07 Å². The van der Waals surface area contributed by atoms with Gasteiger partial charge in [-0.1, -0.05) is 11.6 Å². The molecule has 70 valence electrons. The Morgan fingerprint density at radius 2 is 1.85 bits per heavy atom. The minimum atomic E-state index is -1.85. The number of benzene rings is 1. The molecule has 0 aliphatic heterocycles. The van der Waals surface area contributed by atoms with E-state index in [0.717, 1.165) is 0 Å². The molecule has 0 radical (unpaired) electrons. The largest absolute Gasteiger partial charge is 0.478 e. The van der Waals surface area contributed by atoms with Gasteiger partial charge in [0, 0.05) is 0 Å². The van der Waals surface area contributed by atoms with Crippen molar-refractivity contribution in [2.24, 2.45) is 0 Å². The van der Waals surface area contributed by atoms with Gasteiger partial charge in [0.05, 0.1) is 5.02 Å². The van der Waals surface area contributed by atoms with Gasteiger partial charge in [-0.15, -0.1) is 0 Å². The van der Waals surface area contributed by atoms with Crippen molar-refractivity contribution >= 4 is 17.6 Å². The molecule has 13 heavy (non-hydrogen) atoms. The predicted octanol–water partition coefficient (Wildman–Crippen LogP) is 2.46. The molecule has 0 bridgehead atoms. The molecule has 0 aromatic heterocycles. The second-order valence-corrected chi connectivity index (χ2v) is 2.56. The molecule has 1 N–H and O–H groups in total. The van der Waals surface area contributed by atoms with Crippen LogP contribution in [0.4, 0.5) is 13.2 Å². The molecule has 6 heteroatoms. The highest BCUT2D eigenvalue weighted by atomic mass is 35.5. The zero-order valence-electron chi connectivity index (χ0n) is 5.94. The quantitative estimate of drug-likeness (QED) is 0.571. The molecule has 0 heterocycles. The van der Waals surface area contributed by atoms with Crippen LogP contribution in [-0.4, -0.2) is 11.1 Å². The van der Waals surface area contributed by atoms with Gasteiger partial charge in [0.15, 0.2) is 17.5 Å². The average molecular weight is 211 g/mol. The van der Waals surface area contributed by atoms with E-state index >= 15 is 0 Å². The molecule has 0 saturated heterocycles. The van der Waals surface area contributed by atoms with Gasteiger partial charge < -0.3 is 5.11 Å². The highest BCUT2D eigenvalue weighted by Crippen LogP contribution is 2.23. The number of halogens is 4. The predicted molar refractivity (Wildman–Crippen MR) is 38.3 cm³/mol. The van der Waals surface area contributed by atoms with Gasteiger partial charge in [0.25, 0.3) is 0 Å². The van der Waals surface area contributed by atoms with Crippen molar-refractivity contribution in [3.8, 4) is 0 Å². The van der Waals surface area contributed by atoms with Gasteiger partial charge in [-0.05, 0) is 6.07 Å². The van der Waals surface area contributed by atoms with Crippen LogP contribution in [-0.2, 0) is 0 Å². The summed E-state index contributed by atoms with van der Waals surface area (Å²) in [6.45, 7) is 0. The molecule has 0 atom stereocenters. The summed E-state index contributed by atoms with van der Waals surface area (Å²) in [5.74, 6) is -6.91. The van der Waals surface area contributed by atoms with Crippen LogP contribution < -0.4 is 0 Å². The molecule has 0 aliphatic rings. The van der Waals surface area contributed by atoms with Crippen molar-refractivity contribution in [3.05, 3.63) is 34.1 Å². The fourth-order valence-corrected chi connectivity index (χ4v) is 1.02. The second-order valence-electron chi connectivity index (χ2n) is 2.15. The normalized spacial score (nSPS) is 10.2. The zero-order valence-corrected chi connectivity index (χ0v) is 6.70. The summed E-state index contributed by atoms with van der Waals surface area (Å²) < 4.78 is 37.5. The first-order chi connectivity index (χ1) is 5.95. The molecule has 1 aromatic carbocycles. The summed E-state index contributed by atoms with van der Waals surface area (Å²) in [6, 6.07) is 0.406.